The van der Waals surface area contributed by atoms with E-state index in [0.717, 1.165) is 0 Å². The maximum atomic E-state index is 3.58. The van der Waals surface area contributed by atoms with Gasteiger partial charge in [0.25, 0.3) is 0 Å². The van der Waals surface area contributed by atoms with E-state index >= 15 is 0 Å². The van der Waals surface area contributed by atoms with Crippen LogP contribution in [0.3, 0.4) is 0 Å². The Kier molecular flexibility index (Phi) is 3.51. The molecule has 0 aromatic heterocycles. The standard InChI is InChI=1S/C11H16BrN/c1-7-5-6-10(11(12)13-4)9(3)8(7)2/h5-6,11,13H,1-4H3. The number of nitrogens with one attached hydrogen (secondary N) is 1. The van der Waals surface area contributed by atoms with Crippen LogP contribution in [0, 0.1) is 20.8 Å². The smallest absolute Gasteiger partial charge is 0.0886 e. The molecule has 1 aromatic rings. The van der Waals surface area contributed by atoms with E-state index in [0.29, 0.717) is 0 Å². The van der Waals surface area contributed by atoms with E-state index in [4.69, 9.17) is 0 Å². The van der Waals surface area contributed by atoms with Crippen LogP contribution < -0.4 is 5.32 Å². The van der Waals surface area contributed by atoms with Gasteiger partial charge in [-0.25, -0.2) is 0 Å². The molecule has 0 heterocycles. The summed E-state index contributed by atoms with van der Waals surface area (Å²) in [6, 6.07) is 4.34. The van der Waals surface area contributed by atoms with Crippen molar-refractivity contribution in [2.45, 2.75) is 25.7 Å². The minimum absolute atomic E-state index is 0.256. The third kappa shape index (κ3) is 2.12. The SMILES string of the molecule is CNC(Br)c1ccc(C)c(C)c1C. The summed E-state index contributed by atoms with van der Waals surface area (Å²) < 4.78 is 0. The Balaban J connectivity index is 3.18. The van der Waals surface area contributed by atoms with Crippen LogP contribution in [0.25, 0.3) is 0 Å². The first kappa shape index (κ1) is 10.7. The van der Waals surface area contributed by atoms with Gasteiger partial charge in [-0.3, -0.25) is 0 Å². The lowest BCUT2D eigenvalue weighted by molar-refractivity contribution is 0.801. The summed E-state index contributed by atoms with van der Waals surface area (Å²) in [5.41, 5.74) is 5.44. The van der Waals surface area contributed by atoms with Crippen molar-refractivity contribution in [3.8, 4) is 0 Å². The molecule has 72 valence electrons. The molecule has 0 radical (unpaired) electrons. The molecule has 0 aliphatic rings. The Hall–Kier alpha value is -0.340. The summed E-state index contributed by atoms with van der Waals surface area (Å²) in [6.07, 6.45) is 0. The van der Waals surface area contributed by atoms with Gasteiger partial charge in [0.2, 0.25) is 0 Å². The van der Waals surface area contributed by atoms with Gasteiger partial charge in [-0.15, -0.1) is 0 Å². The molecule has 0 spiro atoms. The zero-order chi connectivity index (χ0) is 10.0. The van der Waals surface area contributed by atoms with Gasteiger partial charge in [-0.05, 0) is 50.1 Å². The maximum absolute atomic E-state index is 3.58. The molecule has 0 aliphatic heterocycles. The molecule has 0 bridgehead atoms. The molecular weight excluding hydrogens is 226 g/mol. The molecule has 0 amide bonds. The van der Waals surface area contributed by atoms with Gasteiger partial charge < -0.3 is 5.32 Å². The first-order chi connectivity index (χ1) is 6.07. The van der Waals surface area contributed by atoms with Crippen LogP contribution in [0.4, 0.5) is 0 Å². The van der Waals surface area contributed by atoms with Crippen LogP contribution in [0.15, 0.2) is 12.1 Å². The van der Waals surface area contributed by atoms with E-state index in [2.05, 4.69) is 54.2 Å². The maximum Gasteiger partial charge on any atom is 0.0886 e. The van der Waals surface area contributed by atoms with Gasteiger partial charge in [0.1, 0.15) is 0 Å². The number of alkyl halides is 1. The Bertz CT molecular complexity index is 307. The number of hydrogen-bond acceptors (Lipinski definition) is 1. The Morgan fingerprint density at radius 1 is 1.15 bits per heavy atom. The van der Waals surface area contributed by atoms with Crippen LogP contribution in [-0.4, -0.2) is 7.05 Å². The van der Waals surface area contributed by atoms with Crippen molar-refractivity contribution < 1.29 is 0 Å². The molecule has 0 saturated carbocycles. The lowest BCUT2D eigenvalue weighted by atomic mass is 9.99. The average Bonchev–Trinajstić information content (AvgIpc) is 2.13. The second-order valence-corrected chi connectivity index (χ2v) is 4.29. The molecule has 13 heavy (non-hydrogen) atoms. The van der Waals surface area contributed by atoms with E-state index in [1.807, 2.05) is 7.05 Å². The van der Waals surface area contributed by atoms with Crippen LogP contribution in [0.1, 0.15) is 27.2 Å². The highest BCUT2D eigenvalue weighted by Crippen LogP contribution is 2.26. The molecule has 1 N–H and O–H groups in total. The van der Waals surface area contributed by atoms with Gasteiger partial charge in [-0.1, -0.05) is 28.1 Å². The summed E-state index contributed by atoms with van der Waals surface area (Å²) in [5, 5.41) is 3.19. The fourth-order valence-corrected chi connectivity index (χ4v) is 1.90. The van der Waals surface area contributed by atoms with E-state index in [-0.39, 0.29) is 4.95 Å². The molecule has 1 unspecified atom stereocenters. The lowest BCUT2D eigenvalue weighted by Gasteiger charge is -2.15. The van der Waals surface area contributed by atoms with E-state index in [1.165, 1.54) is 22.3 Å². The molecule has 0 saturated heterocycles. The van der Waals surface area contributed by atoms with E-state index < -0.39 is 0 Å². The van der Waals surface area contributed by atoms with Crippen molar-refractivity contribution >= 4 is 15.9 Å². The second-order valence-electron chi connectivity index (χ2n) is 3.37. The van der Waals surface area contributed by atoms with Gasteiger partial charge in [0, 0.05) is 0 Å². The Morgan fingerprint density at radius 3 is 2.31 bits per heavy atom. The normalized spacial score (nSPS) is 13.0. The summed E-state index contributed by atoms with van der Waals surface area (Å²) >= 11 is 3.58. The van der Waals surface area contributed by atoms with Gasteiger partial charge in [-0.2, -0.15) is 0 Å². The van der Waals surface area contributed by atoms with Gasteiger partial charge >= 0.3 is 0 Å². The summed E-state index contributed by atoms with van der Waals surface area (Å²) in [5.74, 6) is 0. The van der Waals surface area contributed by atoms with Crippen molar-refractivity contribution in [3.63, 3.8) is 0 Å². The molecule has 1 aromatic carbocycles. The number of rotatable bonds is 2. The minimum atomic E-state index is 0.256. The highest BCUT2D eigenvalue weighted by Gasteiger charge is 2.09. The summed E-state index contributed by atoms with van der Waals surface area (Å²) in [4.78, 5) is 0.256. The Labute approximate surface area is 88.7 Å². The monoisotopic (exact) mass is 241 g/mol. The first-order valence-corrected chi connectivity index (χ1v) is 5.37. The second kappa shape index (κ2) is 4.25. The molecular formula is C11H16BrN. The number of halogens is 1. The topological polar surface area (TPSA) is 12.0 Å². The van der Waals surface area contributed by atoms with Crippen molar-refractivity contribution in [2.24, 2.45) is 0 Å². The highest BCUT2D eigenvalue weighted by atomic mass is 79.9. The number of hydrogen-bond donors (Lipinski definition) is 1. The van der Waals surface area contributed by atoms with Gasteiger partial charge in [0.15, 0.2) is 0 Å². The number of benzene rings is 1. The Morgan fingerprint density at radius 2 is 1.77 bits per heavy atom. The zero-order valence-electron chi connectivity index (χ0n) is 8.61. The molecule has 1 nitrogen and oxygen atoms in total. The zero-order valence-corrected chi connectivity index (χ0v) is 10.2. The quantitative estimate of drug-likeness (QED) is 0.620. The van der Waals surface area contributed by atoms with Crippen molar-refractivity contribution in [3.05, 3.63) is 34.4 Å². The van der Waals surface area contributed by atoms with Gasteiger partial charge in [0.05, 0.1) is 4.95 Å². The predicted molar refractivity (Wildman–Crippen MR) is 61.4 cm³/mol. The third-order valence-corrected chi connectivity index (χ3v) is 3.58. The van der Waals surface area contributed by atoms with Crippen LogP contribution >= 0.6 is 15.9 Å². The van der Waals surface area contributed by atoms with E-state index in [9.17, 15) is 0 Å². The van der Waals surface area contributed by atoms with Crippen LogP contribution in [0.2, 0.25) is 0 Å². The van der Waals surface area contributed by atoms with Crippen molar-refractivity contribution in [1.29, 1.82) is 0 Å². The minimum Gasteiger partial charge on any atom is -0.304 e. The first-order valence-electron chi connectivity index (χ1n) is 4.46. The predicted octanol–water partition coefficient (Wildman–Crippen LogP) is 3.22. The average molecular weight is 242 g/mol. The molecule has 0 aliphatic carbocycles. The van der Waals surface area contributed by atoms with Crippen molar-refractivity contribution in [2.75, 3.05) is 7.05 Å². The largest absolute Gasteiger partial charge is 0.304 e. The van der Waals surface area contributed by atoms with E-state index in [1.54, 1.807) is 0 Å². The van der Waals surface area contributed by atoms with Crippen LogP contribution in [0.5, 0.6) is 0 Å². The molecule has 1 rings (SSSR count). The molecule has 2 heteroatoms. The lowest BCUT2D eigenvalue weighted by Crippen LogP contribution is -2.11. The highest BCUT2D eigenvalue weighted by molar-refractivity contribution is 9.09. The summed E-state index contributed by atoms with van der Waals surface area (Å²) in [7, 11) is 1.95. The summed E-state index contributed by atoms with van der Waals surface area (Å²) in [6.45, 7) is 6.49. The fourth-order valence-electron chi connectivity index (χ4n) is 1.41. The van der Waals surface area contributed by atoms with Crippen LogP contribution in [-0.2, 0) is 0 Å². The molecule has 0 fully saturated rings. The fraction of sp³-hybridized carbons (Fsp3) is 0.455. The van der Waals surface area contributed by atoms with Crippen molar-refractivity contribution in [1.82, 2.24) is 5.32 Å². The molecule has 1 atom stereocenters. The third-order valence-electron chi connectivity index (χ3n) is 2.63. The number of aryl methyl sites for hydroxylation is 1.